The van der Waals surface area contributed by atoms with Gasteiger partial charge in [0.05, 0.1) is 0 Å². The van der Waals surface area contributed by atoms with Gasteiger partial charge in [-0.3, -0.25) is 0 Å². The summed E-state index contributed by atoms with van der Waals surface area (Å²) in [6, 6.07) is 4.32. The lowest BCUT2D eigenvalue weighted by Gasteiger charge is -2.07. The van der Waals surface area contributed by atoms with Gasteiger partial charge in [-0.15, -0.1) is 0 Å². The zero-order valence-electron chi connectivity index (χ0n) is 8.99. The van der Waals surface area contributed by atoms with E-state index in [2.05, 4.69) is 48.7 Å². The standard InChI is InChI=1S/C12H16N2/c1-9(2)8-14-5-4-11-6-10(3)7-13-12(11)14/h4-7,9H,8H2,1-3H3. The molecule has 0 aliphatic carbocycles. The maximum atomic E-state index is 4.46. The molecule has 74 valence electrons. The van der Waals surface area contributed by atoms with Crippen molar-refractivity contribution in [3.05, 3.63) is 30.1 Å². The van der Waals surface area contributed by atoms with Gasteiger partial charge in [-0.2, -0.15) is 0 Å². The van der Waals surface area contributed by atoms with Gasteiger partial charge in [0.15, 0.2) is 0 Å². The molecule has 0 saturated carbocycles. The van der Waals surface area contributed by atoms with Crippen LogP contribution in [0, 0.1) is 12.8 Å². The first kappa shape index (κ1) is 9.25. The van der Waals surface area contributed by atoms with Gasteiger partial charge in [0.2, 0.25) is 0 Å². The van der Waals surface area contributed by atoms with Crippen LogP contribution < -0.4 is 0 Å². The van der Waals surface area contributed by atoms with Crippen LogP contribution in [0.1, 0.15) is 19.4 Å². The number of aromatic nitrogens is 2. The molecule has 2 heteroatoms. The minimum absolute atomic E-state index is 0.661. The van der Waals surface area contributed by atoms with E-state index in [0.29, 0.717) is 5.92 Å². The van der Waals surface area contributed by atoms with Crippen LogP contribution in [0.4, 0.5) is 0 Å². The Hall–Kier alpha value is -1.31. The van der Waals surface area contributed by atoms with E-state index in [1.807, 2.05) is 6.20 Å². The summed E-state index contributed by atoms with van der Waals surface area (Å²) in [6.45, 7) is 7.56. The van der Waals surface area contributed by atoms with Crippen molar-refractivity contribution < 1.29 is 0 Å². The van der Waals surface area contributed by atoms with Crippen molar-refractivity contribution in [1.82, 2.24) is 9.55 Å². The fraction of sp³-hybridized carbons (Fsp3) is 0.417. The molecular weight excluding hydrogens is 172 g/mol. The van der Waals surface area contributed by atoms with Crippen molar-refractivity contribution in [2.45, 2.75) is 27.3 Å². The highest BCUT2D eigenvalue weighted by molar-refractivity contribution is 5.76. The Morgan fingerprint density at radius 3 is 2.93 bits per heavy atom. The third-order valence-corrected chi connectivity index (χ3v) is 2.30. The molecule has 0 amide bonds. The van der Waals surface area contributed by atoms with Crippen LogP contribution in [-0.2, 0) is 6.54 Å². The van der Waals surface area contributed by atoms with Crippen molar-refractivity contribution in [3.63, 3.8) is 0 Å². The molecule has 0 saturated heterocycles. The van der Waals surface area contributed by atoms with Crippen LogP contribution in [0.15, 0.2) is 24.5 Å². The first-order valence-corrected chi connectivity index (χ1v) is 5.08. The number of aryl methyl sites for hydroxylation is 1. The molecule has 0 aliphatic heterocycles. The lowest BCUT2D eigenvalue weighted by atomic mass is 10.2. The molecule has 0 aliphatic rings. The summed E-state index contributed by atoms with van der Waals surface area (Å²) < 4.78 is 2.22. The number of pyridine rings is 1. The highest BCUT2D eigenvalue weighted by atomic mass is 15.0. The van der Waals surface area contributed by atoms with Crippen LogP contribution in [0.2, 0.25) is 0 Å². The number of nitrogens with zero attached hydrogens (tertiary/aromatic N) is 2. The lowest BCUT2D eigenvalue weighted by molar-refractivity contribution is 0.533. The molecule has 0 unspecified atom stereocenters. The molecule has 2 nitrogen and oxygen atoms in total. The van der Waals surface area contributed by atoms with Gasteiger partial charge in [0.25, 0.3) is 0 Å². The first-order chi connectivity index (χ1) is 6.66. The molecule has 0 spiro atoms. The van der Waals surface area contributed by atoms with Gasteiger partial charge in [0, 0.05) is 24.3 Å². The molecule has 2 aromatic heterocycles. The molecule has 0 radical (unpaired) electrons. The third-order valence-electron chi connectivity index (χ3n) is 2.30. The van der Waals surface area contributed by atoms with Crippen LogP contribution in [0.5, 0.6) is 0 Å². The Labute approximate surface area is 84.6 Å². The summed E-state index contributed by atoms with van der Waals surface area (Å²) in [6.07, 6.45) is 4.05. The highest BCUT2D eigenvalue weighted by Gasteiger charge is 2.03. The molecule has 2 rings (SSSR count). The fourth-order valence-electron chi connectivity index (χ4n) is 1.73. The van der Waals surface area contributed by atoms with Gasteiger partial charge < -0.3 is 4.57 Å². The second kappa shape index (κ2) is 3.45. The Bertz CT molecular complexity index is 441. The summed E-state index contributed by atoms with van der Waals surface area (Å²) in [5.74, 6) is 0.661. The first-order valence-electron chi connectivity index (χ1n) is 5.08. The predicted molar refractivity (Wildman–Crippen MR) is 59.3 cm³/mol. The van der Waals surface area contributed by atoms with Gasteiger partial charge in [-0.25, -0.2) is 4.98 Å². The molecule has 0 atom stereocenters. The molecule has 0 N–H and O–H groups in total. The largest absolute Gasteiger partial charge is 0.332 e. The van der Waals surface area contributed by atoms with Gasteiger partial charge >= 0.3 is 0 Å². The molecule has 0 bridgehead atoms. The van der Waals surface area contributed by atoms with Crippen LogP contribution in [0.3, 0.4) is 0 Å². The SMILES string of the molecule is Cc1cnc2c(ccn2CC(C)C)c1. The maximum Gasteiger partial charge on any atom is 0.139 e. The summed E-state index contributed by atoms with van der Waals surface area (Å²) in [5.41, 5.74) is 2.32. The Kier molecular flexibility index (Phi) is 2.28. The van der Waals surface area contributed by atoms with Gasteiger partial charge in [-0.1, -0.05) is 13.8 Å². The zero-order chi connectivity index (χ0) is 10.1. The quantitative estimate of drug-likeness (QED) is 0.708. The lowest BCUT2D eigenvalue weighted by Crippen LogP contribution is -2.03. The van der Waals surface area contributed by atoms with Crippen molar-refractivity contribution in [2.24, 2.45) is 5.92 Å². The predicted octanol–water partition coefficient (Wildman–Crippen LogP) is 3.00. The summed E-state index contributed by atoms with van der Waals surface area (Å²) in [7, 11) is 0. The second-order valence-electron chi connectivity index (χ2n) is 4.29. The third kappa shape index (κ3) is 1.65. The average Bonchev–Trinajstić information content (AvgIpc) is 2.47. The molecule has 0 fully saturated rings. The summed E-state index contributed by atoms with van der Waals surface area (Å²) in [4.78, 5) is 4.46. The van der Waals surface area contributed by atoms with Gasteiger partial charge in [-0.05, 0) is 30.5 Å². The minimum Gasteiger partial charge on any atom is -0.332 e. The highest BCUT2D eigenvalue weighted by Crippen LogP contribution is 2.15. The minimum atomic E-state index is 0.661. The van der Waals surface area contributed by atoms with E-state index >= 15 is 0 Å². The van der Waals surface area contributed by atoms with Crippen LogP contribution in [0.25, 0.3) is 11.0 Å². The molecule has 0 aromatic carbocycles. The fourth-order valence-corrected chi connectivity index (χ4v) is 1.73. The zero-order valence-corrected chi connectivity index (χ0v) is 8.99. The van der Waals surface area contributed by atoms with Crippen molar-refractivity contribution in [2.75, 3.05) is 0 Å². The number of hydrogen-bond acceptors (Lipinski definition) is 1. The number of fused-ring (bicyclic) bond motifs is 1. The van der Waals surface area contributed by atoms with Crippen LogP contribution >= 0.6 is 0 Å². The summed E-state index contributed by atoms with van der Waals surface area (Å²) >= 11 is 0. The van der Waals surface area contributed by atoms with Crippen molar-refractivity contribution >= 4 is 11.0 Å². The van der Waals surface area contributed by atoms with E-state index in [9.17, 15) is 0 Å². The number of hydrogen-bond donors (Lipinski definition) is 0. The summed E-state index contributed by atoms with van der Waals surface area (Å²) in [5, 5.41) is 1.24. The molecule has 14 heavy (non-hydrogen) atoms. The van der Waals surface area contributed by atoms with Crippen molar-refractivity contribution in [3.8, 4) is 0 Å². The van der Waals surface area contributed by atoms with Crippen molar-refractivity contribution in [1.29, 1.82) is 0 Å². The van der Waals surface area contributed by atoms with E-state index in [4.69, 9.17) is 0 Å². The smallest absolute Gasteiger partial charge is 0.139 e. The van der Waals surface area contributed by atoms with Crippen LogP contribution in [-0.4, -0.2) is 9.55 Å². The topological polar surface area (TPSA) is 17.8 Å². The second-order valence-corrected chi connectivity index (χ2v) is 4.29. The van der Waals surface area contributed by atoms with E-state index < -0.39 is 0 Å². The monoisotopic (exact) mass is 188 g/mol. The number of rotatable bonds is 2. The Morgan fingerprint density at radius 2 is 2.21 bits per heavy atom. The molecule has 2 heterocycles. The maximum absolute atomic E-state index is 4.46. The van der Waals surface area contributed by atoms with E-state index in [1.165, 1.54) is 10.9 Å². The Morgan fingerprint density at radius 1 is 1.43 bits per heavy atom. The normalized spacial score (nSPS) is 11.4. The Balaban J connectivity index is 2.47. The van der Waals surface area contributed by atoms with Gasteiger partial charge in [0.1, 0.15) is 5.65 Å². The molecule has 2 aromatic rings. The average molecular weight is 188 g/mol. The van der Waals surface area contributed by atoms with E-state index in [1.54, 1.807) is 0 Å². The molecular formula is C12H16N2. The van der Waals surface area contributed by atoms with E-state index in [-0.39, 0.29) is 0 Å². The van der Waals surface area contributed by atoms with E-state index in [0.717, 1.165) is 12.2 Å².